The van der Waals surface area contributed by atoms with E-state index >= 15 is 0 Å². The number of rotatable bonds is 2. The Labute approximate surface area is 75.9 Å². The van der Waals surface area contributed by atoms with Crippen LogP contribution >= 0.6 is 0 Å². The summed E-state index contributed by atoms with van der Waals surface area (Å²) in [5.74, 6) is 0. The van der Waals surface area contributed by atoms with Crippen LogP contribution in [0.15, 0.2) is 18.2 Å². The lowest BCUT2D eigenvalue weighted by Gasteiger charge is -2.14. The molecule has 1 aromatic carbocycles. The van der Waals surface area contributed by atoms with Gasteiger partial charge in [0.15, 0.2) is 0 Å². The smallest absolute Gasteiger partial charge is 0.271 e. The van der Waals surface area contributed by atoms with E-state index in [1.54, 1.807) is 19.0 Å². The van der Waals surface area contributed by atoms with Crippen molar-refractivity contribution < 1.29 is 4.92 Å². The second-order valence-corrected chi connectivity index (χ2v) is 2.89. The van der Waals surface area contributed by atoms with E-state index in [-0.39, 0.29) is 5.69 Å². The summed E-state index contributed by atoms with van der Waals surface area (Å²) in [5.41, 5.74) is 6.88. The molecule has 0 aliphatic carbocycles. The summed E-state index contributed by atoms with van der Waals surface area (Å²) in [6.45, 7) is 0. The lowest BCUT2D eigenvalue weighted by atomic mass is 10.2. The van der Waals surface area contributed by atoms with Gasteiger partial charge in [-0.1, -0.05) is 0 Å². The van der Waals surface area contributed by atoms with Gasteiger partial charge < -0.3 is 10.6 Å². The Kier molecular flexibility index (Phi) is 2.36. The first-order chi connectivity index (χ1) is 6.02. The van der Waals surface area contributed by atoms with Crippen LogP contribution in [0.25, 0.3) is 0 Å². The van der Waals surface area contributed by atoms with Crippen LogP contribution in [0.4, 0.5) is 17.1 Å². The predicted octanol–water partition coefficient (Wildman–Crippen LogP) is 1.24. The molecule has 1 aromatic rings. The van der Waals surface area contributed by atoms with Gasteiger partial charge in [-0.25, -0.2) is 0 Å². The fourth-order valence-electron chi connectivity index (χ4n) is 1.03. The largest absolute Gasteiger partial charge is 0.397 e. The maximum absolute atomic E-state index is 10.4. The zero-order valence-electron chi connectivity index (χ0n) is 7.52. The van der Waals surface area contributed by atoms with E-state index < -0.39 is 4.92 Å². The van der Waals surface area contributed by atoms with E-state index in [0.717, 1.165) is 0 Å². The molecule has 0 amide bonds. The topological polar surface area (TPSA) is 72.4 Å². The average Bonchev–Trinajstić information content (AvgIpc) is 2.04. The number of hydrogen-bond acceptors (Lipinski definition) is 4. The summed E-state index contributed by atoms with van der Waals surface area (Å²) >= 11 is 0. The molecule has 2 N–H and O–H groups in total. The fraction of sp³-hybridized carbons (Fsp3) is 0.250. The number of nitro benzene ring substituents is 1. The first kappa shape index (κ1) is 9.31. The van der Waals surface area contributed by atoms with Crippen molar-refractivity contribution in [2.45, 2.75) is 0 Å². The highest BCUT2D eigenvalue weighted by atomic mass is 16.6. The number of anilines is 2. The molecule has 70 valence electrons. The Bertz CT molecular complexity index is 336. The molecule has 0 heterocycles. The minimum Gasteiger partial charge on any atom is -0.397 e. The summed E-state index contributed by atoms with van der Waals surface area (Å²) in [6.07, 6.45) is 0. The number of hydrogen-bond donors (Lipinski definition) is 1. The van der Waals surface area contributed by atoms with Gasteiger partial charge in [-0.3, -0.25) is 10.1 Å². The van der Waals surface area contributed by atoms with Gasteiger partial charge >= 0.3 is 0 Å². The summed E-state index contributed by atoms with van der Waals surface area (Å²) in [5, 5.41) is 10.4. The van der Waals surface area contributed by atoms with Crippen molar-refractivity contribution in [2.75, 3.05) is 24.7 Å². The summed E-state index contributed by atoms with van der Waals surface area (Å²) in [6, 6.07) is 4.38. The van der Waals surface area contributed by atoms with Crippen LogP contribution in [0.3, 0.4) is 0 Å². The van der Waals surface area contributed by atoms with Crippen LogP contribution in [-0.4, -0.2) is 19.0 Å². The first-order valence-corrected chi connectivity index (χ1v) is 3.73. The van der Waals surface area contributed by atoms with Crippen LogP contribution in [0.2, 0.25) is 0 Å². The third-order valence-corrected chi connectivity index (χ3v) is 1.71. The van der Waals surface area contributed by atoms with Gasteiger partial charge in [-0.15, -0.1) is 0 Å². The Balaban J connectivity index is 3.19. The van der Waals surface area contributed by atoms with Gasteiger partial charge in [-0.2, -0.15) is 0 Å². The monoisotopic (exact) mass is 181 g/mol. The van der Waals surface area contributed by atoms with E-state index in [0.29, 0.717) is 11.4 Å². The Morgan fingerprint density at radius 2 is 2.08 bits per heavy atom. The highest BCUT2D eigenvalue weighted by Crippen LogP contribution is 2.26. The third kappa shape index (κ3) is 1.87. The van der Waals surface area contributed by atoms with Crippen LogP contribution in [-0.2, 0) is 0 Å². The minimum atomic E-state index is -0.438. The fourth-order valence-corrected chi connectivity index (χ4v) is 1.03. The standard InChI is InChI=1S/C8H11N3O2/c1-10(2)8-5-6(11(12)13)3-4-7(8)9/h3-5H,9H2,1-2H3. The number of nitrogens with zero attached hydrogens (tertiary/aromatic N) is 2. The zero-order valence-corrected chi connectivity index (χ0v) is 7.52. The average molecular weight is 181 g/mol. The van der Waals surface area contributed by atoms with Crippen molar-refractivity contribution in [2.24, 2.45) is 0 Å². The molecule has 0 radical (unpaired) electrons. The van der Waals surface area contributed by atoms with Gasteiger partial charge in [0, 0.05) is 26.2 Å². The van der Waals surface area contributed by atoms with Gasteiger partial charge in [0.05, 0.1) is 16.3 Å². The molecule has 0 bridgehead atoms. The maximum atomic E-state index is 10.4. The molecule has 5 nitrogen and oxygen atoms in total. The zero-order chi connectivity index (χ0) is 10.0. The summed E-state index contributed by atoms with van der Waals surface area (Å²) in [7, 11) is 3.57. The van der Waals surface area contributed by atoms with E-state index in [1.165, 1.54) is 18.2 Å². The van der Waals surface area contributed by atoms with E-state index in [2.05, 4.69) is 0 Å². The van der Waals surface area contributed by atoms with Crippen molar-refractivity contribution >= 4 is 17.1 Å². The van der Waals surface area contributed by atoms with Gasteiger partial charge in [0.2, 0.25) is 0 Å². The van der Waals surface area contributed by atoms with Gasteiger partial charge in [0.25, 0.3) is 5.69 Å². The highest BCUT2D eigenvalue weighted by molar-refractivity contribution is 5.70. The normalized spacial score (nSPS) is 9.69. The molecule has 0 unspecified atom stereocenters. The number of benzene rings is 1. The van der Waals surface area contributed by atoms with E-state index in [9.17, 15) is 10.1 Å². The number of nitrogen functional groups attached to an aromatic ring is 1. The molecule has 13 heavy (non-hydrogen) atoms. The predicted molar refractivity (Wildman–Crippen MR) is 51.8 cm³/mol. The lowest BCUT2D eigenvalue weighted by Crippen LogP contribution is -2.11. The molecule has 5 heteroatoms. The van der Waals surface area contributed by atoms with Crippen LogP contribution in [0, 0.1) is 10.1 Å². The molecule has 1 rings (SSSR count). The van der Waals surface area contributed by atoms with Crippen molar-refractivity contribution in [3.63, 3.8) is 0 Å². The third-order valence-electron chi connectivity index (χ3n) is 1.71. The van der Waals surface area contributed by atoms with Crippen molar-refractivity contribution in [1.82, 2.24) is 0 Å². The number of nitro groups is 1. The maximum Gasteiger partial charge on any atom is 0.271 e. The van der Waals surface area contributed by atoms with E-state index in [1.807, 2.05) is 0 Å². The van der Waals surface area contributed by atoms with Crippen molar-refractivity contribution in [3.8, 4) is 0 Å². The quantitative estimate of drug-likeness (QED) is 0.423. The molecular formula is C8H11N3O2. The van der Waals surface area contributed by atoms with Gasteiger partial charge in [0.1, 0.15) is 0 Å². The molecule has 0 aliphatic rings. The molecule has 0 atom stereocenters. The Hall–Kier alpha value is -1.78. The second-order valence-electron chi connectivity index (χ2n) is 2.89. The summed E-state index contributed by atoms with van der Waals surface area (Å²) < 4.78 is 0. The first-order valence-electron chi connectivity index (χ1n) is 3.73. The van der Waals surface area contributed by atoms with Crippen molar-refractivity contribution in [1.29, 1.82) is 0 Å². The number of nitrogens with two attached hydrogens (primary N) is 1. The second kappa shape index (κ2) is 3.30. The Morgan fingerprint density at radius 1 is 1.46 bits per heavy atom. The minimum absolute atomic E-state index is 0.0536. The van der Waals surface area contributed by atoms with Crippen LogP contribution in [0.5, 0.6) is 0 Å². The SMILES string of the molecule is CN(C)c1cc([N+](=O)[O-])ccc1N. The summed E-state index contributed by atoms with van der Waals surface area (Å²) in [4.78, 5) is 11.7. The van der Waals surface area contributed by atoms with E-state index in [4.69, 9.17) is 5.73 Å². The van der Waals surface area contributed by atoms with Crippen LogP contribution in [0.1, 0.15) is 0 Å². The Morgan fingerprint density at radius 3 is 2.54 bits per heavy atom. The molecular weight excluding hydrogens is 170 g/mol. The molecule has 0 aromatic heterocycles. The van der Waals surface area contributed by atoms with Crippen molar-refractivity contribution in [3.05, 3.63) is 28.3 Å². The number of non-ortho nitro benzene ring substituents is 1. The molecule has 0 spiro atoms. The molecule has 0 saturated heterocycles. The molecule has 0 aliphatic heterocycles. The van der Waals surface area contributed by atoms with Crippen LogP contribution < -0.4 is 10.6 Å². The molecule has 0 saturated carbocycles. The van der Waals surface area contributed by atoms with Gasteiger partial charge in [-0.05, 0) is 6.07 Å². The lowest BCUT2D eigenvalue weighted by molar-refractivity contribution is -0.384. The molecule has 0 fully saturated rings. The highest BCUT2D eigenvalue weighted by Gasteiger charge is 2.09.